The number of nitriles is 1. The fraction of sp³-hybridized carbons (Fsp3) is 0.464. The minimum atomic E-state index is -3.96. The van der Waals surface area contributed by atoms with Crippen molar-refractivity contribution in [3.8, 4) is 17.6 Å². The molecule has 0 amide bonds. The molecule has 212 valence electrons. The number of fused-ring (bicyclic) bond motifs is 1. The van der Waals surface area contributed by atoms with E-state index in [9.17, 15) is 22.9 Å². The molecule has 2 heterocycles. The zero-order valence-corrected chi connectivity index (χ0v) is 23.4. The van der Waals surface area contributed by atoms with Crippen molar-refractivity contribution in [2.75, 3.05) is 31.4 Å². The van der Waals surface area contributed by atoms with Crippen LogP contribution in [0, 0.1) is 22.6 Å². The van der Waals surface area contributed by atoms with Gasteiger partial charge >= 0.3 is 10.2 Å². The van der Waals surface area contributed by atoms with Gasteiger partial charge in [-0.05, 0) is 87.4 Å². The van der Waals surface area contributed by atoms with Crippen LogP contribution in [0.5, 0.6) is 11.5 Å². The predicted molar refractivity (Wildman–Crippen MR) is 150 cm³/mol. The number of anilines is 1. The molecule has 5 rings (SSSR count). The zero-order chi connectivity index (χ0) is 28.5. The van der Waals surface area contributed by atoms with Crippen LogP contribution in [0.3, 0.4) is 0 Å². The van der Waals surface area contributed by atoms with Gasteiger partial charge in [0.1, 0.15) is 17.4 Å². The van der Waals surface area contributed by atoms with E-state index in [4.69, 9.17) is 4.74 Å². The van der Waals surface area contributed by atoms with Crippen LogP contribution < -0.4 is 20.3 Å². The van der Waals surface area contributed by atoms with Gasteiger partial charge < -0.3 is 10.1 Å². The highest BCUT2D eigenvalue weighted by Crippen LogP contribution is 2.46. The Morgan fingerprint density at radius 3 is 2.62 bits per heavy atom. The summed E-state index contributed by atoms with van der Waals surface area (Å²) in [6, 6.07) is 8.71. The first kappa shape index (κ1) is 28.0. The fourth-order valence-corrected chi connectivity index (χ4v) is 6.69. The van der Waals surface area contributed by atoms with Gasteiger partial charge in [0.25, 0.3) is 5.56 Å². The minimum absolute atomic E-state index is 0.0584. The summed E-state index contributed by atoms with van der Waals surface area (Å²) < 4.78 is 50.7. The number of hydrogen-bond donors (Lipinski definition) is 2. The Morgan fingerprint density at radius 1 is 1.23 bits per heavy atom. The summed E-state index contributed by atoms with van der Waals surface area (Å²) in [6.07, 6.45) is 7.93. The van der Waals surface area contributed by atoms with E-state index in [1.807, 2.05) is 6.07 Å². The number of benzene rings is 2. The van der Waals surface area contributed by atoms with Gasteiger partial charge in [0, 0.05) is 19.6 Å². The maximum absolute atomic E-state index is 14.9. The largest absolute Gasteiger partial charge is 0.453 e. The lowest BCUT2D eigenvalue weighted by molar-refractivity contribution is 0.107. The molecule has 1 aromatic heterocycles. The van der Waals surface area contributed by atoms with Gasteiger partial charge in [0.15, 0.2) is 11.6 Å². The number of ether oxygens (including phenoxy) is 1. The van der Waals surface area contributed by atoms with E-state index in [1.54, 1.807) is 23.9 Å². The van der Waals surface area contributed by atoms with Crippen molar-refractivity contribution in [2.24, 2.45) is 5.41 Å². The Kier molecular flexibility index (Phi) is 7.81. The summed E-state index contributed by atoms with van der Waals surface area (Å²) in [4.78, 5) is 18.0. The molecule has 12 heteroatoms. The molecule has 1 spiro atoms. The van der Waals surface area contributed by atoms with Crippen molar-refractivity contribution in [3.63, 3.8) is 0 Å². The quantitative estimate of drug-likeness (QED) is 0.435. The SMILES string of the molecule is CCN(C)S(=O)(=O)Nc1ccc(F)c(Oc2ccc3ncn(C4CCC5(CCNCC5)CC4)c(=O)c3c2)c1C#N. The smallest absolute Gasteiger partial charge is 0.301 e. The fourth-order valence-electron chi connectivity index (χ4n) is 5.75. The highest BCUT2D eigenvalue weighted by atomic mass is 32.2. The lowest BCUT2D eigenvalue weighted by Gasteiger charge is -2.43. The van der Waals surface area contributed by atoms with Crippen molar-refractivity contribution < 1.29 is 17.5 Å². The molecule has 0 atom stereocenters. The molecule has 1 aliphatic heterocycles. The Morgan fingerprint density at radius 2 is 1.95 bits per heavy atom. The second kappa shape index (κ2) is 11.2. The molecule has 2 aliphatic rings. The third kappa shape index (κ3) is 5.41. The van der Waals surface area contributed by atoms with Gasteiger partial charge in [-0.25, -0.2) is 9.37 Å². The third-order valence-corrected chi connectivity index (χ3v) is 9.92. The van der Waals surface area contributed by atoms with Crippen LogP contribution in [-0.2, 0) is 10.2 Å². The van der Waals surface area contributed by atoms with Crippen molar-refractivity contribution in [2.45, 2.75) is 51.5 Å². The molecule has 10 nitrogen and oxygen atoms in total. The lowest BCUT2D eigenvalue weighted by Crippen LogP contribution is -2.40. The number of hydrogen-bond acceptors (Lipinski definition) is 7. The Labute approximate surface area is 233 Å². The van der Waals surface area contributed by atoms with Gasteiger partial charge in [0.05, 0.1) is 22.9 Å². The summed E-state index contributed by atoms with van der Waals surface area (Å²) in [5.41, 5.74) is 0.211. The molecule has 2 fully saturated rings. The number of aromatic nitrogens is 2. The molecule has 3 aromatic rings. The average molecular weight is 569 g/mol. The van der Waals surface area contributed by atoms with Crippen LogP contribution >= 0.6 is 0 Å². The lowest BCUT2D eigenvalue weighted by atomic mass is 9.67. The van der Waals surface area contributed by atoms with Crippen molar-refractivity contribution >= 4 is 26.8 Å². The van der Waals surface area contributed by atoms with Gasteiger partial charge in [-0.2, -0.15) is 18.0 Å². The molecule has 0 radical (unpaired) electrons. The molecule has 1 saturated carbocycles. The van der Waals surface area contributed by atoms with Crippen LogP contribution in [-0.4, -0.2) is 49.0 Å². The van der Waals surface area contributed by atoms with Crippen LogP contribution in [0.4, 0.5) is 10.1 Å². The van der Waals surface area contributed by atoms with Crippen LogP contribution in [0.25, 0.3) is 10.9 Å². The van der Waals surface area contributed by atoms with E-state index >= 15 is 0 Å². The first-order chi connectivity index (χ1) is 19.2. The highest BCUT2D eigenvalue weighted by Gasteiger charge is 2.37. The van der Waals surface area contributed by atoms with Crippen LogP contribution in [0.1, 0.15) is 57.1 Å². The molecular formula is C28H33FN6O4S. The molecule has 1 saturated heterocycles. The summed E-state index contributed by atoms with van der Waals surface area (Å²) in [5, 5.41) is 13.5. The van der Waals surface area contributed by atoms with Crippen LogP contribution in [0.15, 0.2) is 41.5 Å². The van der Waals surface area contributed by atoms with Gasteiger partial charge in [-0.15, -0.1) is 0 Å². The number of piperidine rings is 1. The average Bonchev–Trinajstić information content (AvgIpc) is 2.96. The van der Waals surface area contributed by atoms with E-state index < -0.39 is 21.8 Å². The van der Waals surface area contributed by atoms with Crippen LogP contribution in [0.2, 0.25) is 0 Å². The normalized spacial score (nSPS) is 17.7. The number of rotatable bonds is 7. The molecule has 1 aliphatic carbocycles. The van der Waals surface area contributed by atoms with Gasteiger partial charge in [-0.3, -0.25) is 14.1 Å². The highest BCUT2D eigenvalue weighted by molar-refractivity contribution is 7.90. The standard InChI is InChI=1S/C28H33FN6O4S/c1-3-34(2)40(37,38)33-25-7-5-23(29)26(22(25)17-30)39-20-4-6-24-21(16-20)27(36)35(18-32-24)19-8-10-28(11-9-19)12-14-31-15-13-28/h4-7,16,18-19,31,33H,3,8-15H2,1-2H3. The predicted octanol–water partition coefficient (Wildman–Crippen LogP) is 4.29. The number of nitrogens with one attached hydrogen (secondary N) is 2. The summed E-state index contributed by atoms with van der Waals surface area (Å²) >= 11 is 0. The topological polar surface area (TPSA) is 129 Å². The molecule has 0 unspecified atom stereocenters. The third-order valence-electron chi connectivity index (χ3n) is 8.36. The number of halogens is 1. The maximum atomic E-state index is 14.9. The molecule has 2 N–H and O–H groups in total. The Balaban J connectivity index is 1.43. The monoisotopic (exact) mass is 568 g/mol. The molecule has 0 bridgehead atoms. The number of nitrogens with zero attached hydrogens (tertiary/aromatic N) is 4. The van der Waals surface area contributed by atoms with Gasteiger partial charge in [-0.1, -0.05) is 6.92 Å². The summed E-state index contributed by atoms with van der Waals surface area (Å²) in [6.45, 7) is 3.95. The van der Waals surface area contributed by atoms with E-state index in [0.717, 1.165) is 49.1 Å². The molecule has 2 aromatic carbocycles. The van der Waals surface area contributed by atoms with E-state index in [1.165, 1.54) is 38.1 Å². The molecular weight excluding hydrogens is 535 g/mol. The first-order valence-electron chi connectivity index (χ1n) is 13.5. The van der Waals surface area contributed by atoms with Gasteiger partial charge in [0.2, 0.25) is 0 Å². The van der Waals surface area contributed by atoms with Crippen molar-refractivity contribution in [3.05, 3.63) is 58.4 Å². The Hall–Kier alpha value is -3.53. The summed E-state index contributed by atoms with van der Waals surface area (Å²) in [5.74, 6) is -1.16. The summed E-state index contributed by atoms with van der Waals surface area (Å²) in [7, 11) is -2.58. The Bertz CT molecular complexity index is 1620. The second-order valence-electron chi connectivity index (χ2n) is 10.7. The maximum Gasteiger partial charge on any atom is 0.301 e. The van der Waals surface area contributed by atoms with Crippen molar-refractivity contribution in [1.29, 1.82) is 5.26 Å². The second-order valence-corrected chi connectivity index (χ2v) is 12.4. The van der Waals surface area contributed by atoms with E-state index in [0.29, 0.717) is 16.3 Å². The zero-order valence-electron chi connectivity index (χ0n) is 22.6. The van der Waals surface area contributed by atoms with E-state index in [-0.39, 0.29) is 35.1 Å². The van der Waals surface area contributed by atoms with E-state index in [2.05, 4.69) is 15.0 Å². The molecule has 40 heavy (non-hydrogen) atoms. The minimum Gasteiger partial charge on any atom is -0.453 e. The first-order valence-corrected chi connectivity index (χ1v) is 15.0. The van der Waals surface area contributed by atoms with Crippen molar-refractivity contribution in [1.82, 2.24) is 19.2 Å².